The maximum absolute atomic E-state index is 13.9. The van der Waals surface area contributed by atoms with Crippen molar-refractivity contribution >= 4 is 52.2 Å². The number of carbonyl (C=O) groups excluding carboxylic acids is 2. The first kappa shape index (κ1) is 25.6. The van der Waals surface area contributed by atoms with Gasteiger partial charge in [-0.25, -0.2) is 0 Å². The van der Waals surface area contributed by atoms with E-state index >= 15 is 0 Å². The highest BCUT2D eigenvalue weighted by Gasteiger charge is 2.35. The van der Waals surface area contributed by atoms with E-state index in [1.54, 1.807) is 11.0 Å². The first-order valence-electron chi connectivity index (χ1n) is 11.9. The Morgan fingerprint density at radius 2 is 1.49 bits per heavy atom. The van der Waals surface area contributed by atoms with E-state index in [1.165, 1.54) is 16.7 Å². The number of anilines is 1. The van der Waals surface area contributed by atoms with Crippen molar-refractivity contribution in [2.75, 3.05) is 4.90 Å². The lowest BCUT2D eigenvalue weighted by Gasteiger charge is -2.23. The highest BCUT2D eigenvalue weighted by atomic mass is 35.6. The lowest BCUT2D eigenvalue weighted by molar-refractivity contribution is 0.0980. The number of rotatable bonds is 3. The van der Waals surface area contributed by atoms with Crippen molar-refractivity contribution in [3.05, 3.63) is 112 Å². The monoisotopic (exact) mass is 550 g/mol. The van der Waals surface area contributed by atoms with Gasteiger partial charge in [-0.1, -0.05) is 77.3 Å². The van der Waals surface area contributed by atoms with Crippen molar-refractivity contribution in [3.63, 3.8) is 0 Å². The smallest absolute Gasteiger partial charge is 0.258 e. The molecule has 0 bridgehead atoms. The second kappa shape index (κ2) is 9.68. The first-order chi connectivity index (χ1) is 17.6. The summed E-state index contributed by atoms with van der Waals surface area (Å²) in [7, 11) is 0. The van der Waals surface area contributed by atoms with E-state index in [0.29, 0.717) is 17.8 Å². The molecule has 4 aromatic rings. The Balaban J connectivity index is 1.55. The minimum absolute atomic E-state index is 0.118. The van der Waals surface area contributed by atoms with Gasteiger partial charge in [-0.05, 0) is 84.5 Å². The SMILES string of the molecule is Cc1cc(C(=O)N2Cc3ccc(C(=O)C(Cl)(Cl)Cl)n3Cc3ccccc32)ccc1-c1c(C)cccc1C. The van der Waals surface area contributed by atoms with E-state index in [4.69, 9.17) is 34.8 Å². The van der Waals surface area contributed by atoms with Crippen LogP contribution >= 0.6 is 34.8 Å². The molecule has 1 amide bonds. The number of alkyl halides is 3. The molecule has 0 N–H and O–H groups in total. The molecule has 5 rings (SSSR count). The van der Waals surface area contributed by atoms with E-state index in [-0.39, 0.29) is 12.5 Å². The third-order valence-corrected chi connectivity index (χ3v) is 7.48. The quantitative estimate of drug-likeness (QED) is 0.192. The van der Waals surface area contributed by atoms with Crippen LogP contribution in [0.5, 0.6) is 0 Å². The Hall–Kier alpha value is -3.05. The van der Waals surface area contributed by atoms with E-state index in [2.05, 4.69) is 32.0 Å². The van der Waals surface area contributed by atoms with Gasteiger partial charge in [0.1, 0.15) is 0 Å². The van der Waals surface area contributed by atoms with Crippen LogP contribution in [0.2, 0.25) is 0 Å². The molecule has 188 valence electrons. The summed E-state index contributed by atoms with van der Waals surface area (Å²) in [5.74, 6) is -0.716. The number of para-hydroxylation sites is 1. The van der Waals surface area contributed by atoms with E-state index in [9.17, 15) is 9.59 Å². The van der Waals surface area contributed by atoms with Crippen molar-refractivity contribution in [2.45, 2.75) is 37.7 Å². The number of aromatic nitrogens is 1. The Labute approximate surface area is 231 Å². The lowest BCUT2D eigenvalue weighted by Crippen LogP contribution is -2.30. The molecule has 3 aromatic carbocycles. The van der Waals surface area contributed by atoms with Gasteiger partial charge < -0.3 is 9.47 Å². The number of hydrogen-bond donors (Lipinski definition) is 0. The molecule has 7 heteroatoms. The second-order valence-electron chi connectivity index (χ2n) is 9.44. The number of hydrogen-bond acceptors (Lipinski definition) is 2. The topological polar surface area (TPSA) is 42.3 Å². The molecule has 1 aliphatic rings. The van der Waals surface area contributed by atoms with Gasteiger partial charge in [0, 0.05) is 16.9 Å². The molecule has 0 fully saturated rings. The average Bonchev–Trinajstić information content (AvgIpc) is 3.16. The Morgan fingerprint density at radius 1 is 0.784 bits per heavy atom. The molecule has 2 heterocycles. The molecule has 0 aliphatic carbocycles. The van der Waals surface area contributed by atoms with Gasteiger partial charge in [-0.2, -0.15) is 0 Å². The highest BCUT2D eigenvalue weighted by molar-refractivity contribution is 6.77. The molecule has 1 aliphatic heterocycles. The Kier molecular flexibility index (Phi) is 6.70. The van der Waals surface area contributed by atoms with Gasteiger partial charge >= 0.3 is 0 Å². The second-order valence-corrected chi connectivity index (χ2v) is 11.7. The summed E-state index contributed by atoms with van der Waals surface area (Å²) in [6.45, 7) is 6.90. The molecule has 4 nitrogen and oxygen atoms in total. The van der Waals surface area contributed by atoms with Crippen LogP contribution in [0.4, 0.5) is 5.69 Å². The number of aryl methyl sites for hydroxylation is 3. The summed E-state index contributed by atoms with van der Waals surface area (Å²) >= 11 is 17.7. The van der Waals surface area contributed by atoms with Gasteiger partial charge in [0.2, 0.25) is 5.78 Å². The average molecular weight is 552 g/mol. The summed E-state index contributed by atoms with van der Waals surface area (Å²) < 4.78 is -0.239. The summed E-state index contributed by atoms with van der Waals surface area (Å²) in [5, 5.41) is 0. The van der Waals surface area contributed by atoms with Crippen LogP contribution in [0.3, 0.4) is 0 Å². The van der Waals surface area contributed by atoms with Crippen LogP contribution < -0.4 is 4.90 Å². The summed E-state index contributed by atoms with van der Waals surface area (Å²) in [6, 6.07) is 23.3. The van der Waals surface area contributed by atoms with Gasteiger partial charge in [0.05, 0.1) is 18.8 Å². The number of Topliss-reactive ketones (excluding diaryl/α,β-unsaturated/α-hetero) is 1. The number of ketones is 1. The van der Waals surface area contributed by atoms with Crippen molar-refractivity contribution < 1.29 is 9.59 Å². The standard InChI is InChI=1S/C30H25Cl3N2O2/c1-18-7-6-8-19(2)27(18)24-13-11-21(15-20(24)3)29(37)35-17-23-12-14-26(28(36)30(31,32)33)34(23)16-22-9-4-5-10-25(22)35/h4-15H,16-17H2,1-3H3. The van der Waals surface area contributed by atoms with Crippen molar-refractivity contribution in [1.29, 1.82) is 0 Å². The number of fused-ring (bicyclic) bond motifs is 2. The lowest BCUT2D eigenvalue weighted by atomic mass is 9.91. The van der Waals surface area contributed by atoms with Crippen LogP contribution in [0.25, 0.3) is 11.1 Å². The molecule has 37 heavy (non-hydrogen) atoms. The van der Waals surface area contributed by atoms with Gasteiger partial charge in [-0.3, -0.25) is 9.59 Å². The molecule has 0 radical (unpaired) electrons. The van der Waals surface area contributed by atoms with E-state index < -0.39 is 9.58 Å². The van der Waals surface area contributed by atoms with Crippen molar-refractivity contribution in [2.24, 2.45) is 0 Å². The molecular formula is C30H25Cl3N2O2. The minimum atomic E-state index is -2.06. The van der Waals surface area contributed by atoms with Crippen LogP contribution in [-0.2, 0) is 13.1 Å². The maximum atomic E-state index is 13.9. The van der Waals surface area contributed by atoms with Gasteiger partial charge in [0.25, 0.3) is 9.70 Å². The van der Waals surface area contributed by atoms with Crippen LogP contribution in [0.15, 0.2) is 72.8 Å². The molecular weight excluding hydrogens is 527 g/mol. The number of nitrogens with zero attached hydrogens (tertiary/aromatic N) is 2. The normalized spacial score (nSPS) is 13.1. The number of amides is 1. The van der Waals surface area contributed by atoms with Crippen molar-refractivity contribution in [1.82, 2.24) is 4.57 Å². The fourth-order valence-corrected chi connectivity index (χ4v) is 5.45. The largest absolute Gasteiger partial charge is 0.336 e. The molecule has 0 unspecified atom stereocenters. The number of halogens is 3. The van der Waals surface area contributed by atoms with Crippen LogP contribution in [0.1, 0.15) is 48.8 Å². The molecule has 0 atom stereocenters. The van der Waals surface area contributed by atoms with Gasteiger partial charge in [-0.15, -0.1) is 0 Å². The summed E-state index contributed by atoms with van der Waals surface area (Å²) in [4.78, 5) is 28.5. The minimum Gasteiger partial charge on any atom is -0.336 e. The zero-order valence-corrected chi connectivity index (χ0v) is 23.0. The van der Waals surface area contributed by atoms with Gasteiger partial charge in [0.15, 0.2) is 0 Å². The fraction of sp³-hybridized carbons (Fsp3) is 0.200. The highest BCUT2D eigenvalue weighted by Crippen LogP contribution is 2.35. The molecule has 0 saturated heterocycles. The van der Waals surface area contributed by atoms with E-state index in [1.807, 2.05) is 60.0 Å². The third-order valence-electron chi connectivity index (χ3n) is 6.96. The predicted molar refractivity (Wildman–Crippen MR) is 151 cm³/mol. The fourth-order valence-electron chi connectivity index (χ4n) is 5.16. The maximum Gasteiger partial charge on any atom is 0.258 e. The van der Waals surface area contributed by atoms with Crippen LogP contribution in [-0.4, -0.2) is 20.1 Å². The molecule has 0 saturated carbocycles. The zero-order chi connectivity index (χ0) is 26.5. The summed E-state index contributed by atoms with van der Waals surface area (Å²) in [6.07, 6.45) is 0. The first-order valence-corrected chi connectivity index (χ1v) is 13.1. The van der Waals surface area contributed by atoms with Crippen molar-refractivity contribution in [3.8, 4) is 11.1 Å². The van der Waals surface area contributed by atoms with E-state index in [0.717, 1.165) is 28.1 Å². The molecule has 0 spiro atoms. The Bertz CT molecular complexity index is 1530. The predicted octanol–water partition coefficient (Wildman–Crippen LogP) is 7.84. The summed E-state index contributed by atoms with van der Waals surface area (Å²) in [5.41, 5.74) is 9.11. The number of carbonyl (C=O) groups is 2. The molecule has 1 aromatic heterocycles. The third kappa shape index (κ3) is 4.70. The zero-order valence-electron chi connectivity index (χ0n) is 20.7. The van der Waals surface area contributed by atoms with Crippen LogP contribution in [0, 0.1) is 20.8 Å². The Morgan fingerprint density at radius 3 is 2.16 bits per heavy atom. The number of benzene rings is 3.